The smallest absolute Gasteiger partial charge is 0.234 e. The third kappa shape index (κ3) is 5.70. The molecule has 2 aliphatic rings. The van der Waals surface area contributed by atoms with Crippen LogP contribution in [-0.4, -0.2) is 54.1 Å². The number of piperidine rings is 1. The Kier molecular flexibility index (Phi) is 7.97. The zero-order chi connectivity index (χ0) is 26.7. The lowest BCUT2D eigenvalue weighted by Crippen LogP contribution is -2.36. The summed E-state index contributed by atoms with van der Waals surface area (Å²) in [7, 11) is 1.76. The first kappa shape index (κ1) is 26.6. The van der Waals surface area contributed by atoms with Crippen molar-refractivity contribution in [2.24, 2.45) is 0 Å². The van der Waals surface area contributed by atoms with E-state index in [-0.39, 0.29) is 5.91 Å². The highest BCUT2D eigenvalue weighted by atomic mass is 79.9. The van der Waals surface area contributed by atoms with E-state index in [9.17, 15) is 4.79 Å². The number of rotatable bonds is 9. The van der Waals surface area contributed by atoms with Crippen LogP contribution < -0.4 is 16.0 Å². The van der Waals surface area contributed by atoms with Crippen LogP contribution in [-0.2, 0) is 21.5 Å². The van der Waals surface area contributed by atoms with Gasteiger partial charge in [-0.25, -0.2) is 4.98 Å². The van der Waals surface area contributed by atoms with E-state index < -0.39 is 5.41 Å². The number of amides is 1. The number of hydrogen-bond acceptors (Lipinski definition) is 7. The molecule has 2 aromatic carbocycles. The number of benzene rings is 2. The molecule has 9 heteroatoms. The van der Waals surface area contributed by atoms with Crippen molar-refractivity contribution >= 4 is 45.0 Å². The van der Waals surface area contributed by atoms with Gasteiger partial charge >= 0.3 is 0 Å². The van der Waals surface area contributed by atoms with Crippen molar-refractivity contribution in [1.82, 2.24) is 14.9 Å². The number of fused-ring (bicyclic) bond motifs is 1. The molecule has 3 N–H and O–H groups in total. The van der Waals surface area contributed by atoms with Crippen molar-refractivity contribution in [3.05, 3.63) is 69.8 Å². The summed E-state index contributed by atoms with van der Waals surface area (Å²) in [6.07, 6.45) is 4.17. The van der Waals surface area contributed by atoms with Crippen molar-refractivity contribution in [2.45, 2.75) is 44.6 Å². The first-order valence-electron chi connectivity index (χ1n) is 13.1. The Bertz CT molecular complexity index is 1300. The second kappa shape index (κ2) is 11.4. The second-order valence-corrected chi connectivity index (χ2v) is 11.4. The fourth-order valence-electron chi connectivity index (χ4n) is 5.43. The van der Waals surface area contributed by atoms with Crippen LogP contribution in [0.15, 0.2) is 53.1 Å². The number of aromatic nitrogens is 2. The number of hydrogen-bond donors (Lipinski definition) is 3. The fraction of sp³-hybridized carbons (Fsp3) is 0.414. The van der Waals surface area contributed by atoms with Gasteiger partial charge in [-0.05, 0) is 90.0 Å². The number of ether oxygens (including phenoxy) is 1. The Hall–Kier alpha value is -3.01. The van der Waals surface area contributed by atoms with E-state index >= 15 is 0 Å². The molecule has 0 saturated carbocycles. The summed E-state index contributed by atoms with van der Waals surface area (Å²) in [4.78, 5) is 24.1. The average Bonchev–Trinajstić information content (AvgIpc) is 3.16. The van der Waals surface area contributed by atoms with Gasteiger partial charge in [0, 0.05) is 44.3 Å². The van der Waals surface area contributed by atoms with E-state index in [1.807, 2.05) is 32.0 Å². The molecule has 1 saturated heterocycles. The first-order chi connectivity index (χ1) is 18.3. The molecule has 200 valence electrons. The predicted octanol–water partition coefficient (Wildman–Crippen LogP) is 5.65. The maximum Gasteiger partial charge on any atom is 0.234 e. The highest BCUT2D eigenvalue weighted by Gasteiger charge is 2.39. The third-order valence-electron chi connectivity index (χ3n) is 7.54. The van der Waals surface area contributed by atoms with Crippen LogP contribution in [0.2, 0.25) is 0 Å². The van der Waals surface area contributed by atoms with Gasteiger partial charge in [0.25, 0.3) is 0 Å². The van der Waals surface area contributed by atoms with Crippen LogP contribution in [0.1, 0.15) is 49.3 Å². The Balaban J connectivity index is 1.24. The van der Waals surface area contributed by atoms with E-state index in [1.165, 1.54) is 18.4 Å². The molecule has 0 aliphatic carbocycles. The van der Waals surface area contributed by atoms with Gasteiger partial charge in [0.2, 0.25) is 11.9 Å². The maximum absolute atomic E-state index is 12.4. The van der Waals surface area contributed by atoms with Gasteiger partial charge in [0.15, 0.2) is 0 Å². The number of methoxy groups -OCH3 is 1. The van der Waals surface area contributed by atoms with E-state index in [4.69, 9.17) is 9.72 Å². The maximum atomic E-state index is 12.4. The molecule has 0 spiro atoms. The Morgan fingerprint density at radius 2 is 2.03 bits per heavy atom. The van der Waals surface area contributed by atoms with Crippen LogP contribution in [0.5, 0.6) is 0 Å². The fourth-order valence-corrected chi connectivity index (χ4v) is 5.76. The molecule has 0 radical (unpaired) electrons. The lowest BCUT2D eigenvalue weighted by molar-refractivity contribution is -0.119. The number of carbonyl (C=O) groups is 1. The normalized spacial score (nSPS) is 18.6. The molecule has 38 heavy (non-hydrogen) atoms. The molecule has 1 atom stereocenters. The number of carbonyl (C=O) groups excluding carboxylic acids is 1. The van der Waals surface area contributed by atoms with Gasteiger partial charge in [0.1, 0.15) is 5.82 Å². The molecule has 1 amide bonds. The standard InChI is InChI=1S/C29H35BrN6O2/c1-29(2)25-20(6-4-8-24(25)34-27(29)37)16-31-26-23(30)17-32-28(35-26)33-22-11-9-19(10-12-22)21-7-5-13-36(18-21)14-15-38-3/h4,6,8-12,17,21H,5,7,13-16,18H2,1-3H3,(H,34,37)(H2,31,32,33,35). The van der Waals surface area contributed by atoms with Crippen molar-refractivity contribution in [3.8, 4) is 0 Å². The summed E-state index contributed by atoms with van der Waals surface area (Å²) in [5, 5.41) is 9.74. The second-order valence-electron chi connectivity index (χ2n) is 10.5. The molecule has 2 aliphatic heterocycles. The molecule has 1 fully saturated rings. The minimum atomic E-state index is -0.574. The SMILES string of the molecule is COCCN1CCCC(c2ccc(Nc3ncc(Br)c(NCc4cccc5c4C(C)(C)C(=O)N5)n3)cc2)C1. The Morgan fingerprint density at radius 3 is 2.82 bits per heavy atom. The van der Waals surface area contributed by atoms with E-state index in [0.29, 0.717) is 24.2 Å². The molecular weight excluding hydrogens is 544 g/mol. The van der Waals surface area contributed by atoms with Gasteiger partial charge in [-0.3, -0.25) is 4.79 Å². The van der Waals surface area contributed by atoms with Crippen LogP contribution in [0.25, 0.3) is 0 Å². The molecule has 1 aromatic heterocycles. The average molecular weight is 580 g/mol. The summed E-state index contributed by atoms with van der Waals surface area (Å²) in [6, 6.07) is 14.6. The molecule has 3 heterocycles. The van der Waals surface area contributed by atoms with E-state index in [2.05, 4.69) is 66.0 Å². The highest BCUT2D eigenvalue weighted by Crippen LogP contribution is 2.40. The number of nitrogens with one attached hydrogen (secondary N) is 3. The minimum absolute atomic E-state index is 0.0209. The molecule has 5 rings (SSSR count). The van der Waals surface area contributed by atoms with Gasteiger partial charge < -0.3 is 25.6 Å². The predicted molar refractivity (Wildman–Crippen MR) is 155 cm³/mol. The van der Waals surface area contributed by atoms with Crippen LogP contribution in [0.4, 0.5) is 23.1 Å². The molecule has 0 bridgehead atoms. The Morgan fingerprint density at radius 1 is 1.21 bits per heavy atom. The van der Waals surface area contributed by atoms with E-state index in [0.717, 1.165) is 53.2 Å². The van der Waals surface area contributed by atoms with E-state index in [1.54, 1.807) is 13.3 Å². The summed E-state index contributed by atoms with van der Waals surface area (Å²) in [5.41, 5.74) is 4.70. The summed E-state index contributed by atoms with van der Waals surface area (Å²) in [6.45, 7) is 8.44. The van der Waals surface area contributed by atoms with Gasteiger partial charge in [-0.2, -0.15) is 4.98 Å². The summed E-state index contributed by atoms with van der Waals surface area (Å²) in [5.74, 6) is 1.77. The van der Waals surface area contributed by atoms with Gasteiger partial charge in [0.05, 0.1) is 16.5 Å². The molecular formula is C29H35BrN6O2. The molecule has 1 unspecified atom stereocenters. The van der Waals surface area contributed by atoms with Crippen molar-refractivity contribution < 1.29 is 9.53 Å². The minimum Gasteiger partial charge on any atom is -0.383 e. The number of nitrogens with zero attached hydrogens (tertiary/aromatic N) is 3. The van der Waals surface area contributed by atoms with Crippen molar-refractivity contribution in [3.63, 3.8) is 0 Å². The zero-order valence-corrected chi connectivity index (χ0v) is 23.8. The van der Waals surface area contributed by atoms with Crippen molar-refractivity contribution in [1.29, 1.82) is 0 Å². The lowest BCUT2D eigenvalue weighted by Gasteiger charge is -2.32. The molecule has 3 aromatic rings. The van der Waals surface area contributed by atoms with Crippen molar-refractivity contribution in [2.75, 3.05) is 49.3 Å². The molecule has 8 nitrogen and oxygen atoms in total. The zero-order valence-electron chi connectivity index (χ0n) is 22.2. The van der Waals surface area contributed by atoms with Crippen LogP contribution >= 0.6 is 15.9 Å². The highest BCUT2D eigenvalue weighted by molar-refractivity contribution is 9.10. The topological polar surface area (TPSA) is 91.4 Å². The van der Waals surface area contributed by atoms with Crippen LogP contribution in [0, 0.1) is 0 Å². The van der Waals surface area contributed by atoms with Crippen LogP contribution in [0.3, 0.4) is 0 Å². The lowest BCUT2D eigenvalue weighted by atomic mass is 9.83. The Labute approximate surface area is 232 Å². The largest absolute Gasteiger partial charge is 0.383 e. The quantitative estimate of drug-likeness (QED) is 0.302. The summed E-state index contributed by atoms with van der Waals surface area (Å²) >= 11 is 3.56. The first-order valence-corrected chi connectivity index (χ1v) is 13.9. The number of halogens is 1. The number of anilines is 4. The van der Waals surface area contributed by atoms with Gasteiger partial charge in [-0.15, -0.1) is 0 Å². The van der Waals surface area contributed by atoms with Gasteiger partial charge in [-0.1, -0.05) is 24.3 Å². The number of likely N-dealkylation sites (tertiary alicyclic amines) is 1. The monoisotopic (exact) mass is 578 g/mol. The third-order valence-corrected chi connectivity index (χ3v) is 8.12. The summed E-state index contributed by atoms with van der Waals surface area (Å²) < 4.78 is 6.03.